The fourth-order valence-electron chi connectivity index (χ4n) is 1.77. The number of aromatic nitrogens is 1. The summed E-state index contributed by atoms with van der Waals surface area (Å²) in [5, 5.41) is 3.43. The first-order valence-corrected chi connectivity index (χ1v) is 7.30. The molecule has 3 aromatic rings. The molecule has 2 aromatic carbocycles. The van der Waals surface area contributed by atoms with Gasteiger partial charge in [-0.15, -0.1) is 11.3 Å². The number of thiazole rings is 1. The maximum atomic E-state index is 4.27. The highest BCUT2D eigenvalue weighted by Crippen LogP contribution is 2.22. The molecule has 0 saturated carbocycles. The molecule has 90 valence electrons. The van der Waals surface area contributed by atoms with Crippen LogP contribution >= 0.6 is 27.3 Å². The molecular formula is C14H11BrN2S. The van der Waals surface area contributed by atoms with Gasteiger partial charge < -0.3 is 5.32 Å². The Hall–Kier alpha value is -1.39. The largest absolute Gasteiger partial charge is 0.381 e. The molecule has 0 saturated heterocycles. The smallest absolute Gasteiger partial charge is 0.0813 e. The van der Waals surface area contributed by atoms with Crippen LogP contribution in [0.1, 0.15) is 5.56 Å². The molecule has 18 heavy (non-hydrogen) atoms. The van der Waals surface area contributed by atoms with Crippen molar-refractivity contribution in [1.29, 1.82) is 0 Å². The van der Waals surface area contributed by atoms with E-state index in [1.54, 1.807) is 11.3 Å². The third-order valence-electron chi connectivity index (χ3n) is 2.74. The molecule has 1 N–H and O–H groups in total. The molecule has 0 aliphatic carbocycles. The zero-order chi connectivity index (χ0) is 12.4. The lowest BCUT2D eigenvalue weighted by atomic mass is 10.2. The van der Waals surface area contributed by atoms with E-state index < -0.39 is 0 Å². The van der Waals surface area contributed by atoms with Gasteiger partial charge in [-0.3, -0.25) is 0 Å². The lowest BCUT2D eigenvalue weighted by Crippen LogP contribution is -1.98. The van der Waals surface area contributed by atoms with Gasteiger partial charge in [-0.1, -0.05) is 28.1 Å². The van der Waals surface area contributed by atoms with Gasteiger partial charge in [0.05, 0.1) is 15.7 Å². The van der Waals surface area contributed by atoms with Crippen molar-refractivity contribution in [2.75, 3.05) is 5.32 Å². The second-order valence-corrected chi connectivity index (χ2v) is 5.82. The van der Waals surface area contributed by atoms with Gasteiger partial charge in [0.25, 0.3) is 0 Å². The van der Waals surface area contributed by atoms with Crippen LogP contribution < -0.4 is 5.32 Å². The Morgan fingerprint density at radius 2 is 1.94 bits per heavy atom. The molecular weight excluding hydrogens is 308 g/mol. The second kappa shape index (κ2) is 5.08. The Bertz CT molecular complexity index is 661. The molecule has 1 aromatic heterocycles. The Morgan fingerprint density at radius 3 is 2.78 bits per heavy atom. The number of nitrogens with zero attached hydrogens (tertiary/aromatic N) is 1. The number of benzene rings is 2. The van der Waals surface area contributed by atoms with Crippen LogP contribution in [0.5, 0.6) is 0 Å². The molecule has 2 nitrogen and oxygen atoms in total. The fraction of sp³-hybridized carbons (Fsp3) is 0.0714. The van der Waals surface area contributed by atoms with Gasteiger partial charge in [-0.2, -0.15) is 0 Å². The highest BCUT2D eigenvalue weighted by Gasteiger charge is 1.99. The molecule has 0 amide bonds. The minimum atomic E-state index is 0.831. The van der Waals surface area contributed by atoms with Gasteiger partial charge in [0, 0.05) is 16.7 Å². The minimum absolute atomic E-state index is 0.831. The zero-order valence-electron chi connectivity index (χ0n) is 9.56. The van der Waals surface area contributed by atoms with Gasteiger partial charge in [0.2, 0.25) is 0 Å². The number of hydrogen-bond acceptors (Lipinski definition) is 3. The zero-order valence-corrected chi connectivity index (χ0v) is 12.0. The van der Waals surface area contributed by atoms with Crippen molar-refractivity contribution >= 4 is 43.2 Å². The average Bonchev–Trinajstić information content (AvgIpc) is 2.85. The van der Waals surface area contributed by atoms with E-state index >= 15 is 0 Å². The molecule has 0 fully saturated rings. The van der Waals surface area contributed by atoms with Gasteiger partial charge in [-0.25, -0.2) is 4.98 Å². The Morgan fingerprint density at radius 1 is 1.11 bits per heavy atom. The molecule has 0 unspecified atom stereocenters. The van der Waals surface area contributed by atoms with E-state index in [2.05, 4.69) is 68.7 Å². The molecule has 0 radical (unpaired) electrons. The normalized spacial score (nSPS) is 10.7. The van der Waals surface area contributed by atoms with Crippen LogP contribution in [0.25, 0.3) is 10.2 Å². The number of halogens is 1. The van der Waals surface area contributed by atoms with Crippen LogP contribution in [-0.4, -0.2) is 4.98 Å². The summed E-state index contributed by atoms with van der Waals surface area (Å²) in [5.74, 6) is 0. The van der Waals surface area contributed by atoms with E-state index in [0.717, 1.165) is 22.2 Å². The molecule has 1 heterocycles. The fourth-order valence-corrected chi connectivity index (χ4v) is 2.75. The third-order valence-corrected chi connectivity index (χ3v) is 4.06. The number of hydrogen-bond donors (Lipinski definition) is 1. The van der Waals surface area contributed by atoms with E-state index in [1.807, 2.05) is 5.51 Å². The summed E-state index contributed by atoms with van der Waals surface area (Å²) in [6, 6.07) is 14.6. The first-order chi connectivity index (χ1) is 8.81. The van der Waals surface area contributed by atoms with Crippen molar-refractivity contribution in [3.63, 3.8) is 0 Å². The SMILES string of the molecule is Brc1ccc(CNc2ccc3ncsc3c2)cc1. The van der Waals surface area contributed by atoms with Crippen LogP contribution in [-0.2, 0) is 6.54 Å². The summed E-state index contributed by atoms with van der Waals surface area (Å²) in [7, 11) is 0. The molecule has 0 bridgehead atoms. The molecule has 3 rings (SSSR count). The quantitative estimate of drug-likeness (QED) is 0.759. The van der Waals surface area contributed by atoms with Crippen LogP contribution in [0, 0.1) is 0 Å². The van der Waals surface area contributed by atoms with Crippen molar-refractivity contribution in [2.45, 2.75) is 6.54 Å². The van der Waals surface area contributed by atoms with E-state index in [9.17, 15) is 0 Å². The molecule has 0 aliphatic rings. The maximum absolute atomic E-state index is 4.27. The monoisotopic (exact) mass is 318 g/mol. The van der Waals surface area contributed by atoms with Crippen LogP contribution in [0.2, 0.25) is 0 Å². The number of anilines is 1. The summed E-state index contributed by atoms with van der Waals surface area (Å²) in [6.45, 7) is 0.831. The lowest BCUT2D eigenvalue weighted by molar-refractivity contribution is 1.15. The second-order valence-electron chi connectivity index (χ2n) is 4.01. The summed E-state index contributed by atoms with van der Waals surface area (Å²) < 4.78 is 2.33. The predicted octanol–water partition coefficient (Wildman–Crippen LogP) is 4.67. The Kier molecular flexibility index (Phi) is 3.30. The van der Waals surface area contributed by atoms with E-state index in [0.29, 0.717) is 0 Å². The Labute approximate surface area is 118 Å². The topological polar surface area (TPSA) is 24.9 Å². The maximum Gasteiger partial charge on any atom is 0.0813 e. The summed E-state index contributed by atoms with van der Waals surface area (Å²) in [4.78, 5) is 4.27. The van der Waals surface area contributed by atoms with E-state index in [4.69, 9.17) is 0 Å². The van der Waals surface area contributed by atoms with Crippen molar-refractivity contribution in [3.05, 3.63) is 58.0 Å². The molecule has 0 atom stereocenters. The van der Waals surface area contributed by atoms with Crippen LogP contribution in [0.4, 0.5) is 5.69 Å². The van der Waals surface area contributed by atoms with E-state index in [1.165, 1.54) is 10.3 Å². The van der Waals surface area contributed by atoms with Gasteiger partial charge >= 0.3 is 0 Å². The van der Waals surface area contributed by atoms with Crippen molar-refractivity contribution in [1.82, 2.24) is 4.98 Å². The van der Waals surface area contributed by atoms with Crippen LogP contribution in [0.15, 0.2) is 52.4 Å². The van der Waals surface area contributed by atoms with Crippen molar-refractivity contribution in [2.24, 2.45) is 0 Å². The van der Waals surface area contributed by atoms with Crippen LogP contribution in [0.3, 0.4) is 0 Å². The highest BCUT2D eigenvalue weighted by molar-refractivity contribution is 9.10. The predicted molar refractivity (Wildman–Crippen MR) is 81.1 cm³/mol. The van der Waals surface area contributed by atoms with Crippen molar-refractivity contribution in [3.8, 4) is 0 Å². The summed E-state index contributed by atoms with van der Waals surface area (Å²) in [6.07, 6.45) is 0. The number of rotatable bonds is 3. The summed E-state index contributed by atoms with van der Waals surface area (Å²) in [5.41, 5.74) is 5.34. The minimum Gasteiger partial charge on any atom is -0.381 e. The van der Waals surface area contributed by atoms with Gasteiger partial charge in [0.1, 0.15) is 0 Å². The van der Waals surface area contributed by atoms with Crippen molar-refractivity contribution < 1.29 is 0 Å². The van der Waals surface area contributed by atoms with E-state index in [-0.39, 0.29) is 0 Å². The number of fused-ring (bicyclic) bond motifs is 1. The standard InChI is InChI=1S/C14H11BrN2S/c15-11-3-1-10(2-4-11)8-16-12-5-6-13-14(7-12)18-9-17-13/h1-7,9,16H,8H2. The van der Waals surface area contributed by atoms with Gasteiger partial charge in [0.15, 0.2) is 0 Å². The molecule has 0 aliphatic heterocycles. The first kappa shape index (κ1) is 11.7. The molecule has 0 spiro atoms. The number of nitrogens with one attached hydrogen (secondary N) is 1. The highest BCUT2D eigenvalue weighted by atomic mass is 79.9. The first-order valence-electron chi connectivity index (χ1n) is 5.63. The molecule has 4 heteroatoms. The average molecular weight is 319 g/mol. The van der Waals surface area contributed by atoms with Gasteiger partial charge in [-0.05, 0) is 35.9 Å². The third kappa shape index (κ3) is 2.54. The lowest BCUT2D eigenvalue weighted by Gasteiger charge is -2.06. The summed E-state index contributed by atoms with van der Waals surface area (Å²) >= 11 is 5.11. The Balaban J connectivity index is 1.74.